The third kappa shape index (κ3) is 10.1. The van der Waals surface area contributed by atoms with E-state index in [-0.39, 0.29) is 11.9 Å². The standard InChI is InChI=1S/C25H34FN6O9P/c1-16(24(35)39-19-6-4-3-5-7-19)30-42(37,41-20-10-8-18(26)9-11-20)38-15-21(17(2)33)40-23(14-28-31-27)32-13-12-22(34)29-25(32)36/h8-13,16-17,19,21,23,33H,3-7,14-15H2,1-2H3,(H,30,37)(H,29,34,36)/t16-,17?,21+,23?,42?/m0/s1. The number of ether oxygens (including phenoxy) is 2. The van der Waals surface area contributed by atoms with Gasteiger partial charge < -0.3 is 19.1 Å². The van der Waals surface area contributed by atoms with Gasteiger partial charge in [-0.05, 0) is 69.3 Å². The Morgan fingerprint density at radius 3 is 2.55 bits per heavy atom. The molecule has 1 aliphatic carbocycles. The van der Waals surface area contributed by atoms with E-state index in [0.717, 1.165) is 61.1 Å². The molecule has 3 unspecified atom stereocenters. The second-order valence-corrected chi connectivity index (χ2v) is 11.4. The summed E-state index contributed by atoms with van der Waals surface area (Å²) in [6.45, 7) is 1.71. The lowest BCUT2D eigenvalue weighted by Crippen LogP contribution is -2.41. The SMILES string of the molecule is CC(O)[C@@H](COP(=O)(N[C@@H](C)C(=O)OC1CCCCC1)Oc1ccc(F)cc1)OC(CN=[N+]=[N-])n1ccc(=O)[nH]c1=O. The lowest BCUT2D eigenvalue weighted by atomic mass is 9.98. The average Bonchev–Trinajstić information content (AvgIpc) is 2.94. The Kier molecular flexibility index (Phi) is 12.3. The molecule has 0 bridgehead atoms. The molecular formula is C25H34FN6O9P. The molecule has 1 saturated carbocycles. The highest BCUT2D eigenvalue weighted by Gasteiger charge is 2.35. The number of aromatic amines is 1. The number of rotatable bonds is 15. The Labute approximate surface area is 240 Å². The van der Waals surface area contributed by atoms with Crippen LogP contribution in [0.3, 0.4) is 0 Å². The number of benzene rings is 1. The maximum absolute atomic E-state index is 13.9. The van der Waals surface area contributed by atoms with Crippen LogP contribution in [0.1, 0.15) is 52.2 Å². The molecule has 2 aromatic rings. The second-order valence-electron chi connectivity index (χ2n) is 9.69. The molecule has 17 heteroatoms. The van der Waals surface area contributed by atoms with E-state index in [1.807, 2.05) is 4.98 Å². The van der Waals surface area contributed by atoms with E-state index < -0.39 is 68.4 Å². The lowest BCUT2D eigenvalue weighted by Gasteiger charge is -2.29. The Morgan fingerprint density at radius 2 is 1.93 bits per heavy atom. The molecule has 1 aromatic heterocycles. The Morgan fingerprint density at radius 1 is 1.24 bits per heavy atom. The molecular weight excluding hydrogens is 578 g/mol. The van der Waals surface area contributed by atoms with Crippen LogP contribution in [0.25, 0.3) is 10.4 Å². The van der Waals surface area contributed by atoms with Gasteiger partial charge in [-0.2, -0.15) is 5.09 Å². The van der Waals surface area contributed by atoms with Crippen LogP contribution in [0.4, 0.5) is 4.39 Å². The third-order valence-corrected chi connectivity index (χ3v) is 7.96. The van der Waals surface area contributed by atoms with Crippen molar-refractivity contribution in [2.45, 2.75) is 76.5 Å². The average molecular weight is 613 g/mol. The van der Waals surface area contributed by atoms with Crippen LogP contribution < -0.4 is 20.9 Å². The molecule has 230 valence electrons. The van der Waals surface area contributed by atoms with Crippen molar-refractivity contribution in [1.82, 2.24) is 14.6 Å². The van der Waals surface area contributed by atoms with E-state index in [1.54, 1.807) is 0 Å². The zero-order valence-corrected chi connectivity index (χ0v) is 24.0. The van der Waals surface area contributed by atoms with Gasteiger partial charge in [0, 0.05) is 17.2 Å². The quantitative estimate of drug-likeness (QED) is 0.0879. The molecule has 42 heavy (non-hydrogen) atoms. The Hall–Kier alpha value is -3.52. The summed E-state index contributed by atoms with van der Waals surface area (Å²) in [6, 6.07) is 4.46. The Balaban J connectivity index is 1.79. The van der Waals surface area contributed by atoms with Gasteiger partial charge in [-0.1, -0.05) is 11.5 Å². The summed E-state index contributed by atoms with van der Waals surface area (Å²) in [6.07, 6.45) is 1.34. The maximum Gasteiger partial charge on any atom is 0.459 e. The van der Waals surface area contributed by atoms with Crippen LogP contribution in [0.2, 0.25) is 0 Å². The van der Waals surface area contributed by atoms with Crippen LogP contribution in [0, 0.1) is 5.82 Å². The summed E-state index contributed by atoms with van der Waals surface area (Å²) in [5.41, 5.74) is 7.24. The van der Waals surface area contributed by atoms with Gasteiger partial charge >= 0.3 is 19.4 Å². The summed E-state index contributed by atoms with van der Waals surface area (Å²) >= 11 is 0. The molecule has 3 N–H and O–H groups in total. The minimum Gasteiger partial charge on any atom is -0.461 e. The topological polar surface area (TPSA) is 207 Å². The van der Waals surface area contributed by atoms with E-state index in [1.165, 1.54) is 26.0 Å². The summed E-state index contributed by atoms with van der Waals surface area (Å²) in [5.74, 6) is -1.29. The van der Waals surface area contributed by atoms with Crippen molar-refractivity contribution in [2.75, 3.05) is 13.2 Å². The molecule has 1 aliphatic rings. The minimum atomic E-state index is -4.43. The fourth-order valence-electron chi connectivity index (χ4n) is 4.09. The van der Waals surface area contributed by atoms with Crippen molar-refractivity contribution in [3.63, 3.8) is 0 Å². The van der Waals surface area contributed by atoms with Gasteiger partial charge in [0.1, 0.15) is 36.0 Å². The first-order valence-corrected chi connectivity index (χ1v) is 14.9. The van der Waals surface area contributed by atoms with Gasteiger partial charge in [0.15, 0.2) is 0 Å². The number of aliphatic hydroxyl groups excluding tert-OH is 1. The molecule has 0 amide bonds. The highest BCUT2D eigenvalue weighted by atomic mass is 31.2. The van der Waals surface area contributed by atoms with Crippen LogP contribution in [0.5, 0.6) is 5.75 Å². The highest BCUT2D eigenvalue weighted by molar-refractivity contribution is 7.52. The molecule has 1 aromatic carbocycles. The van der Waals surface area contributed by atoms with Crippen LogP contribution in [-0.4, -0.2) is 58.1 Å². The number of hydrogen-bond donors (Lipinski definition) is 3. The molecule has 1 fully saturated rings. The fraction of sp³-hybridized carbons (Fsp3) is 0.560. The summed E-state index contributed by atoms with van der Waals surface area (Å²) in [5, 5.41) is 16.3. The molecule has 1 heterocycles. The van der Waals surface area contributed by atoms with Gasteiger partial charge in [0.05, 0.1) is 19.3 Å². The number of aliphatic hydroxyl groups is 1. The van der Waals surface area contributed by atoms with Crippen molar-refractivity contribution < 1.29 is 37.4 Å². The fourth-order valence-corrected chi connectivity index (χ4v) is 5.59. The number of azide groups is 1. The number of halogens is 1. The van der Waals surface area contributed by atoms with Crippen molar-refractivity contribution >= 4 is 13.7 Å². The number of nitrogens with zero attached hydrogens (tertiary/aromatic N) is 4. The van der Waals surface area contributed by atoms with Crippen molar-refractivity contribution in [1.29, 1.82) is 0 Å². The van der Waals surface area contributed by atoms with Crippen LogP contribution in [0.15, 0.2) is 51.2 Å². The summed E-state index contributed by atoms with van der Waals surface area (Å²) < 4.78 is 50.7. The number of esters is 1. The van der Waals surface area contributed by atoms with Crippen molar-refractivity contribution in [3.8, 4) is 5.75 Å². The zero-order chi connectivity index (χ0) is 30.7. The number of aromatic nitrogens is 2. The van der Waals surface area contributed by atoms with E-state index in [9.17, 15) is 28.4 Å². The van der Waals surface area contributed by atoms with Crippen molar-refractivity contribution in [2.24, 2.45) is 5.11 Å². The van der Waals surface area contributed by atoms with Gasteiger partial charge in [0.25, 0.3) is 5.56 Å². The van der Waals surface area contributed by atoms with Gasteiger partial charge in [-0.15, -0.1) is 0 Å². The van der Waals surface area contributed by atoms with Gasteiger partial charge in [-0.3, -0.25) is 23.7 Å². The normalized spacial score (nSPS) is 18.1. The predicted molar refractivity (Wildman–Crippen MR) is 147 cm³/mol. The number of hydrogen-bond acceptors (Lipinski definition) is 10. The van der Waals surface area contributed by atoms with E-state index in [4.69, 9.17) is 24.1 Å². The smallest absolute Gasteiger partial charge is 0.459 e. The first kappa shape index (κ1) is 33.0. The molecule has 0 radical (unpaired) electrons. The second kappa shape index (κ2) is 15.6. The monoisotopic (exact) mass is 612 g/mol. The summed E-state index contributed by atoms with van der Waals surface area (Å²) in [4.78, 5) is 41.3. The highest BCUT2D eigenvalue weighted by Crippen LogP contribution is 2.45. The van der Waals surface area contributed by atoms with Crippen LogP contribution in [-0.2, 0) is 23.4 Å². The Bertz CT molecular complexity index is 1390. The van der Waals surface area contributed by atoms with Crippen LogP contribution >= 0.6 is 7.75 Å². The minimum absolute atomic E-state index is 0.0457. The lowest BCUT2D eigenvalue weighted by molar-refractivity contribution is -0.152. The number of carbonyl (C=O) groups excluding carboxylic acids is 1. The maximum atomic E-state index is 13.9. The van der Waals surface area contributed by atoms with Gasteiger partial charge in [-0.25, -0.2) is 13.8 Å². The molecule has 0 spiro atoms. The predicted octanol–water partition coefficient (Wildman–Crippen LogP) is 3.31. The van der Waals surface area contributed by atoms with E-state index in [2.05, 4.69) is 15.1 Å². The number of H-pyrrole nitrogens is 1. The van der Waals surface area contributed by atoms with Crippen molar-refractivity contribution in [3.05, 3.63) is 73.6 Å². The van der Waals surface area contributed by atoms with Gasteiger partial charge in [0.2, 0.25) is 0 Å². The molecule has 3 rings (SSSR count). The first-order chi connectivity index (χ1) is 20.0. The number of carbonyl (C=O) groups is 1. The summed E-state index contributed by atoms with van der Waals surface area (Å²) in [7, 11) is -4.43. The first-order valence-electron chi connectivity index (χ1n) is 13.3. The van der Waals surface area contributed by atoms with E-state index in [0.29, 0.717) is 0 Å². The number of nitrogens with one attached hydrogen (secondary N) is 2. The van der Waals surface area contributed by atoms with E-state index >= 15 is 0 Å². The zero-order valence-electron chi connectivity index (χ0n) is 23.1. The third-order valence-electron chi connectivity index (χ3n) is 6.32. The largest absolute Gasteiger partial charge is 0.461 e. The molecule has 5 atom stereocenters. The molecule has 0 aliphatic heterocycles. The molecule has 15 nitrogen and oxygen atoms in total. The molecule has 0 saturated heterocycles.